The summed E-state index contributed by atoms with van der Waals surface area (Å²) in [7, 11) is 0. The summed E-state index contributed by atoms with van der Waals surface area (Å²) in [5.41, 5.74) is 6.96. The Morgan fingerprint density at radius 2 is 1.97 bits per heavy atom. The molecule has 0 radical (unpaired) electrons. The van der Waals surface area contributed by atoms with Crippen LogP contribution in [0.4, 0.5) is 10.2 Å². The minimum Gasteiger partial charge on any atom is -0.364 e. The Bertz CT molecular complexity index is 1610. The fourth-order valence-electron chi connectivity index (χ4n) is 5.20. The smallest absolute Gasteiger partial charge is 0.277 e. The van der Waals surface area contributed by atoms with Crippen LogP contribution in [-0.4, -0.2) is 54.5 Å². The lowest BCUT2D eigenvalue weighted by Gasteiger charge is -2.28. The van der Waals surface area contributed by atoms with Crippen LogP contribution in [0.15, 0.2) is 61.1 Å². The second kappa shape index (κ2) is 9.18. The van der Waals surface area contributed by atoms with Crippen LogP contribution >= 0.6 is 11.6 Å². The zero-order valence-electron chi connectivity index (χ0n) is 19.9. The molecule has 2 aliphatic rings. The average molecular weight is 534 g/mol. The van der Waals surface area contributed by atoms with Crippen molar-refractivity contribution in [2.75, 3.05) is 5.12 Å². The predicted octanol–water partition coefficient (Wildman–Crippen LogP) is 3.15. The number of hydrogen-bond acceptors (Lipinski definition) is 6. The van der Waals surface area contributed by atoms with Crippen molar-refractivity contribution in [3.05, 3.63) is 71.8 Å². The lowest BCUT2D eigenvalue weighted by molar-refractivity contribution is -0.140. The molecule has 1 saturated heterocycles. The third-order valence-electron chi connectivity index (χ3n) is 7.05. The van der Waals surface area contributed by atoms with Crippen molar-refractivity contribution in [3.8, 4) is 11.3 Å². The van der Waals surface area contributed by atoms with Crippen LogP contribution in [0.1, 0.15) is 23.3 Å². The van der Waals surface area contributed by atoms with Crippen molar-refractivity contribution >= 4 is 45.9 Å². The van der Waals surface area contributed by atoms with E-state index < -0.39 is 23.8 Å². The number of aromatic nitrogens is 4. The summed E-state index contributed by atoms with van der Waals surface area (Å²) in [6.07, 6.45) is 5.68. The molecule has 3 amide bonds. The van der Waals surface area contributed by atoms with E-state index in [0.717, 1.165) is 6.42 Å². The second-order valence-electron chi connectivity index (χ2n) is 9.38. The highest BCUT2D eigenvalue weighted by Crippen LogP contribution is 2.48. The third kappa shape index (κ3) is 4.04. The van der Waals surface area contributed by atoms with E-state index in [1.165, 1.54) is 34.1 Å². The van der Waals surface area contributed by atoms with Gasteiger partial charge in [0, 0.05) is 29.4 Å². The average Bonchev–Trinajstić information content (AvgIpc) is 3.43. The topological polar surface area (TPSA) is 127 Å². The normalized spacial score (nSPS) is 19.8. The lowest BCUT2D eigenvalue weighted by Crippen LogP contribution is -2.48. The molecule has 3 atom stereocenters. The number of piperidine rings is 1. The molecule has 1 aliphatic heterocycles. The minimum atomic E-state index is -0.964. The number of nitrogens with two attached hydrogens (primary N) is 1. The molecule has 2 N–H and O–H groups in total. The summed E-state index contributed by atoms with van der Waals surface area (Å²) < 4.78 is 16.8. The van der Waals surface area contributed by atoms with Gasteiger partial charge in [0.05, 0.1) is 28.1 Å². The molecule has 192 valence electrons. The van der Waals surface area contributed by atoms with Crippen LogP contribution in [0, 0.1) is 5.92 Å². The van der Waals surface area contributed by atoms with E-state index in [1.54, 1.807) is 36.5 Å². The van der Waals surface area contributed by atoms with Crippen molar-refractivity contribution in [2.45, 2.75) is 31.5 Å². The van der Waals surface area contributed by atoms with Gasteiger partial charge in [0.25, 0.3) is 11.8 Å². The Labute approximate surface area is 220 Å². The number of fused-ring (bicyclic) bond motifs is 2. The molecule has 0 unspecified atom stereocenters. The Morgan fingerprint density at radius 1 is 1.13 bits per heavy atom. The number of pyridine rings is 2. The van der Waals surface area contributed by atoms with Gasteiger partial charge in [-0.3, -0.25) is 29.0 Å². The number of rotatable bonds is 6. The summed E-state index contributed by atoms with van der Waals surface area (Å²) in [4.78, 5) is 48.3. The molecule has 3 aromatic heterocycles. The second-order valence-corrected chi connectivity index (χ2v) is 9.79. The summed E-state index contributed by atoms with van der Waals surface area (Å²) in [6, 6.07) is 10.1. The first-order valence-electron chi connectivity index (χ1n) is 12.0. The molecule has 1 aliphatic carbocycles. The van der Waals surface area contributed by atoms with E-state index in [0.29, 0.717) is 33.6 Å². The summed E-state index contributed by atoms with van der Waals surface area (Å²) >= 11 is 6.24. The number of benzene rings is 1. The number of carbonyl (C=O) groups is 3. The third-order valence-corrected chi connectivity index (χ3v) is 7.35. The van der Waals surface area contributed by atoms with Crippen molar-refractivity contribution in [3.63, 3.8) is 0 Å². The van der Waals surface area contributed by atoms with E-state index in [4.69, 9.17) is 17.3 Å². The molecule has 12 heteroatoms. The first kappa shape index (κ1) is 24.0. The van der Waals surface area contributed by atoms with Crippen molar-refractivity contribution in [1.29, 1.82) is 0 Å². The molecule has 2 fully saturated rings. The monoisotopic (exact) mass is 533 g/mol. The van der Waals surface area contributed by atoms with Gasteiger partial charge in [-0.05, 0) is 49.1 Å². The predicted molar refractivity (Wildman–Crippen MR) is 136 cm³/mol. The van der Waals surface area contributed by atoms with Crippen LogP contribution in [0.2, 0.25) is 5.02 Å². The maximum Gasteiger partial charge on any atom is 0.277 e. The first-order valence-corrected chi connectivity index (χ1v) is 12.3. The molecule has 4 heterocycles. The molecule has 6 rings (SSSR count). The number of nitrogens with zero attached hydrogens (tertiary/aromatic N) is 6. The van der Waals surface area contributed by atoms with Crippen LogP contribution in [0.5, 0.6) is 0 Å². The van der Waals surface area contributed by atoms with E-state index in [-0.39, 0.29) is 35.0 Å². The summed E-state index contributed by atoms with van der Waals surface area (Å²) in [5.74, 6) is -1.83. The zero-order chi connectivity index (χ0) is 26.6. The lowest BCUT2D eigenvalue weighted by atomic mass is 10.1. The minimum absolute atomic E-state index is 0.0115. The van der Waals surface area contributed by atoms with Crippen molar-refractivity contribution in [2.24, 2.45) is 11.7 Å². The van der Waals surface area contributed by atoms with E-state index in [1.807, 2.05) is 0 Å². The Balaban J connectivity index is 1.25. The van der Waals surface area contributed by atoms with E-state index >= 15 is 4.48 Å². The van der Waals surface area contributed by atoms with E-state index in [2.05, 4.69) is 15.1 Å². The highest BCUT2D eigenvalue weighted by atomic mass is 35.5. The number of hydrogen-bond donors (Lipinski definition) is 1. The van der Waals surface area contributed by atoms with Gasteiger partial charge in [-0.2, -0.15) is 5.10 Å². The van der Waals surface area contributed by atoms with Crippen LogP contribution < -0.4 is 10.9 Å². The standard InChI is InChI=1S/C26H21ClFN7O3/c27-18-5-2-7-31-23(18)14-3-1-4-16(9-14)35(28)26(38)20-11-15-10-19(15)34(20)22(36)13-33-21-12-30-8-6-17(21)24(32-33)25(29)37/h1-9,12,15,19-20H,10-11,13H2,(H2,29,37)/t15-,19-,20+/m1/s1. The Hall–Kier alpha value is -4.38. The number of primary amides is 1. The highest BCUT2D eigenvalue weighted by molar-refractivity contribution is 6.33. The number of anilines is 1. The van der Waals surface area contributed by atoms with Gasteiger partial charge in [-0.1, -0.05) is 28.2 Å². The van der Waals surface area contributed by atoms with Gasteiger partial charge in [-0.25, -0.2) is 0 Å². The number of carbonyl (C=O) groups excluding carboxylic acids is 3. The number of amides is 3. The van der Waals surface area contributed by atoms with Gasteiger partial charge in [0.1, 0.15) is 12.6 Å². The molecule has 1 saturated carbocycles. The number of halogens is 2. The van der Waals surface area contributed by atoms with Gasteiger partial charge in [0.2, 0.25) is 5.91 Å². The summed E-state index contributed by atoms with van der Waals surface area (Å²) in [5, 5.41) is 5.16. The molecular formula is C26H21ClFN7O3. The first-order chi connectivity index (χ1) is 18.3. The quantitative estimate of drug-likeness (QED) is 0.379. The fourth-order valence-corrected chi connectivity index (χ4v) is 5.43. The van der Waals surface area contributed by atoms with Gasteiger partial charge in [-0.15, -0.1) is 5.12 Å². The fraction of sp³-hybridized carbons (Fsp3) is 0.231. The van der Waals surface area contributed by atoms with Crippen LogP contribution in [0.3, 0.4) is 0 Å². The number of likely N-dealkylation sites (tertiary alicyclic amines) is 1. The maximum atomic E-state index is 15.5. The van der Waals surface area contributed by atoms with Crippen molar-refractivity contribution < 1.29 is 18.9 Å². The molecular weight excluding hydrogens is 513 g/mol. The van der Waals surface area contributed by atoms with Crippen LogP contribution in [-0.2, 0) is 16.1 Å². The molecule has 10 nitrogen and oxygen atoms in total. The highest BCUT2D eigenvalue weighted by Gasteiger charge is 2.57. The van der Waals surface area contributed by atoms with Gasteiger partial charge >= 0.3 is 0 Å². The van der Waals surface area contributed by atoms with Gasteiger partial charge in [0.15, 0.2) is 5.69 Å². The zero-order valence-corrected chi connectivity index (χ0v) is 20.6. The Morgan fingerprint density at radius 3 is 2.76 bits per heavy atom. The summed E-state index contributed by atoms with van der Waals surface area (Å²) in [6.45, 7) is -0.248. The molecule has 4 aromatic rings. The molecule has 38 heavy (non-hydrogen) atoms. The maximum absolute atomic E-state index is 15.5. The Kier molecular flexibility index (Phi) is 5.79. The van der Waals surface area contributed by atoms with Gasteiger partial charge < -0.3 is 10.6 Å². The molecule has 1 aromatic carbocycles. The van der Waals surface area contributed by atoms with Crippen LogP contribution in [0.25, 0.3) is 22.2 Å². The van der Waals surface area contributed by atoms with Crippen molar-refractivity contribution in [1.82, 2.24) is 24.6 Å². The van der Waals surface area contributed by atoms with E-state index in [9.17, 15) is 14.4 Å². The largest absolute Gasteiger partial charge is 0.364 e. The molecule has 0 bridgehead atoms. The molecule has 0 spiro atoms. The SMILES string of the molecule is NC(=O)c1nn(CC(=O)N2[C@@H]3C[C@@H]3C[C@H]2C(=O)N(F)c2cccc(-c3ncccc3Cl)c2)c2cnccc12.